The van der Waals surface area contributed by atoms with Crippen molar-refractivity contribution in [1.82, 2.24) is 29.1 Å². The van der Waals surface area contributed by atoms with E-state index in [-0.39, 0.29) is 45.7 Å². The second-order valence-electron chi connectivity index (χ2n) is 9.97. The van der Waals surface area contributed by atoms with Gasteiger partial charge in [-0.1, -0.05) is 23.2 Å². The molecule has 20 heteroatoms. The van der Waals surface area contributed by atoms with Crippen LogP contribution in [-0.2, 0) is 30.2 Å². The zero-order valence-electron chi connectivity index (χ0n) is 27.0. The first-order valence-corrected chi connectivity index (χ1v) is 15.0. The molecule has 3 heterocycles. The number of nitrogens with one attached hydrogen (secondary N) is 1. The number of epoxide rings is 1. The lowest BCUT2D eigenvalue weighted by molar-refractivity contribution is 0.0519. The van der Waals surface area contributed by atoms with Crippen LogP contribution in [0.3, 0.4) is 0 Å². The van der Waals surface area contributed by atoms with Crippen LogP contribution >= 0.6 is 23.2 Å². The highest BCUT2D eigenvalue weighted by Crippen LogP contribution is 2.20. The van der Waals surface area contributed by atoms with Crippen LogP contribution in [0.5, 0.6) is 0 Å². The Morgan fingerprint density at radius 3 is 1.90 bits per heavy atom. The summed E-state index contributed by atoms with van der Waals surface area (Å²) in [5, 5.41) is 17.5. The van der Waals surface area contributed by atoms with Crippen LogP contribution in [0.2, 0.25) is 10.0 Å². The zero-order chi connectivity index (χ0) is 37.0. The van der Waals surface area contributed by atoms with Gasteiger partial charge in [0.15, 0.2) is 0 Å². The van der Waals surface area contributed by atoms with E-state index in [2.05, 4.69) is 24.7 Å². The molecule has 2 aromatic carbocycles. The molecule has 0 spiro atoms. The van der Waals surface area contributed by atoms with Crippen LogP contribution in [0.4, 0.5) is 0 Å². The van der Waals surface area contributed by atoms with E-state index in [9.17, 15) is 33.9 Å². The third-order valence-corrected chi connectivity index (χ3v) is 7.04. The van der Waals surface area contributed by atoms with Crippen LogP contribution in [0, 0.1) is 0 Å². The molecule has 2 aromatic heterocycles. The van der Waals surface area contributed by atoms with Gasteiger partial charge in [0.25, 0.3) is 11.1 Å². The van der Waals surface area contributed by atoms with Crippen molar-refractivity contribution in [2.45, 2.75) is 18.8 Å². The molecule has 1 fully saturated rings. The smallest absolute Gasteiger partial charge is 0.352 e. The summed E-state index contributed by atoms with van der Waals surface area (Å²) in [6.07, 6.45) is 1.28. The predicted molar refractivity (Wildman–Crippen MR) is 177 cm³/mol. The average Bonchev–Trinajstić information content (AvgIpc) is 3.92. The van der Waals surface area contributed by atoms with Gasteiger partial charge in [0.05, 0.1) is 79.2 Å². The van der Waals surface area contributed by atoms with Gasteiger partial charge in [0.2, 0.25) is 0 Å². The number of aliphatic hydroxyl groups is 1. The number of hydrogen-bond donors (Lipinski definition) is 2. The lowest BCUT2D eigenvalue weighted by Crippen LogP contribution is -2.43. The molecule has 268 valence electrons. The van der Waals surface area contributed by atoms with Crippen molar-refractivity contribution in [2.75, 3.05) is 48.3 Å². The molecule has 50 heavy (non-hydrogen) atoms. The average molecular weight is 740 g/mol. The van der Waals surface area contributed by atoms with E-state index in [4.69, 9.17) is 37.4 Å². The van der Waals surface area contributed by atoms with Gasteiger partial charge in [0.1, 0.15) is 18.5 Å². The largest absolute Gasteiger partial charge is 0.465 e. The molecule has 1 aliphatic rings. The molecule has 0 radical (unpaired) electrons. The first-order chi connectivity index (χ1) is 23.8. The Kier molecular flexibility index (Phi) is 14.8. The zero-order valence-corrected chi connectivity index (χ0v) is 28.5. The molecular weight excluding hydrogens is 707 g/mol. The molecule has 0 amide bonds. The fourth-order valence-electron chi connectivity index (χ4n) is 3.95. The normalized spacial score (nSPS) is 13.5. The third-order valence-electron chi connectivity index (χ3n) is 6.38. The number of hydrogen-bond acceptors (Lipinski definition) is 14. The van der Waals surface area contributed by atoms with Gasteiger partial charge < -0.3 is 28.8 Å². The molecule has 0 bridgehead atoms. The Hall–Kier alpha value is -4.98. The van der Waals surface area contributed by atoms with Crippen LogP contribution in [0.15, 0.2) is 68.0 Å². The van der Waals surface area contributed by atoms with E-state index in [1.165, 1.54) is 57.7 Å². The molecule has 4 aromatic rings. The monoisotopic (exact) mass is 738 g/mol. The number of methoxy groups -OCH3 is 4. The lowest BCUT2D eigenvalue weighted by Gasteiger charge is -2.13. The minimum absolute atomic E-state index is 0.0400. The van der Waals surface area contributed by atoms with Gasteiger partial charge in [-0.15, -0.1) is 0 Å². The summed E-state index contributed by atoms with van der Waals surface area (Å²) in [6.45, 7) is 1.36. The molecular formula is C30H32Cl2N6O12. The standard InChI is InChI=1S/C15H16ClN3O6.C11H8ClN3O4.C4H8O2/c1-24-8-10(20)7-18-13(21)6-17-19(15(18)23)9-3-4-12(16)11(5-9)14(22)25-2;1-19-10(17)7-4-6(2-3-8(7)12)15-11(18)14-9(16)5-13-15;1-5-2-4-3-6-4/h3-6,10,20H,7-8H2,1-2H3;2-5H,1H3,(H,14,16,18);4H,2-3H2,1H3/t10-;;4-/m1.0/s1. The van der Waals surface area contributed by atoms with Gasteiger partial charge in [-0.3, -0.25) is 19.1 Å². The molecule has 0 saturated carbocycles. The number of carbonyl (C=O) groups is 2. The maximum atomic E-state index is 12.5. The summed E-state index contributed by atoms with van der Waals surface area (Å²) in [5.41, 5.74) is -2.13. The topological polar surface area (TPSA) is 228 Å². The van der Waals surface area contributed by atoms with Crippen molar-refractivity contribution >= 4 is 35.1 Å². The number of aromatic amines is 1. The van der Waals surface area contributed by atoms with Crippen molar-refractivity contribution in [1.29, 1.82) is 0 Å². The Balaban J connectivity index is 0.000000237. The van der Waals surface area contributed by atoms with Crippen LogP contribution in [0.25, 0.3) is 11.4 Å². The summed E-state index contributed by atoms with van der Waals surface area (Å²) in [6, 6.07) is 8.46. The number of H-pyrrole nitrogens is 1. The van der Waals surface area contributed by atoms with E-state index < -0.39 is 40.5 Å². The Bertz CT molecular complexity index is 2040. The Morgan fingerprint density at radius 2 is 1.44 bits per heavy atom. The Labute approximate surface area is 292 Å². The summed E-state index contributed by atoms with van der Waals surface area (Å²) in [5.74, 6) is -1.31. The highest BCUT2D eigenvalue weighted by molar-refractivity contribution is 6.34. The highest BCUT2D eigenvalue weighted by atomic mass is 35.5. The van der Waals surface area contributed by atoms with Gasteiger partial charge in [-0.05, 0) is 36.4 Å². The number of esters is 2. The van der Waals surface area contributed by atoms with Gasteiger partial charge in [0, 0.05) is 14.2 Å². The van der Waals surface area contributed by atoms with E-state index in [0.29, 0.717) is 6.10 Å². The van der Waals surface area contributed by atoms with E-state index in [1.54, 1.807) is 7.11 Å². The number of halogens is 2. The molecule has 18 nitrogen and oxygen atoms in total. The summed E-state index contributed by atoms with van der Waals surface area (Å²) < 4.78 is 26.2. The molecule has 1 aliphatic heterocycles. The number of ether oxygens (including phenoxy) is 5. The van der Waals surface area contributed by atoms with Crippen molar-refractivity contribution < 1.29 is 38.4 Å². The van der Waals surface area contributed by atoms with Gasteiger partial charge in [-0.2, -0.15) is 19.6 Å². The number of carbonyl (C=O) groups excluding carboxylic acids is 2. The van der Waals surface area contributed by atoms with Crippen molar-refractivity contribution in [3.8, 4) is 11.4 Å². The fourth-order valence-corrected chi connectivity index (χ4v) is 4.34. The molecule has 5 rings (SSSR count). The van der Waals surface area contributed by atoms with Crippen LogP contribution < -0.4 is 22.5 Å². The minimum atomic E-state index is -1.04. The van der Waals surface area contributed by atoms with Crippen molar-refractivity contribution in [3.05, 3.63) is 112 Å². The molecule has 1 saturated heterocycles. The van der Waals surface area contributed by atoms with Crippen molar-refractivity contribution in [3.63, 3.8) is 0 Å². The van der Waals surface area contributed by atoms with Crippen LogP contribution in [-0.4, -0.2) is 107 Å². The molecule has 0 aliphatic carbocycles. The minimum Gasteiger partial charge on any atom is -0.465 e. The number of nitrogens with zero attached hydrogens (tertiary/aromatic N) is 5. The lowest BCUT2D eigenvalue weighted by atomic mass is 10.2. The van der Waals surface area contributed by atoms with E-state index in [1.807, 2.05) is 0 Å². The molecule has 2 atom stereocenters. The maximum absolute atomic E-state index is 12.5. The van der Waals surface area contributed by atoms with Crippen LogP contribution in [0.1, 0.15) is 20.7 Å². The molecule has 0 unspecified atom stereocenters. The highest BCUT2D eigenvalue weighted by Gasteiger charge is 2.21. The second-order valence-corrected chi connectivity index (χ2v) is 10.8. The number of aromatic nitrogens is 6. The quantitative estimate of drug-likeness (QED) is 0.164. The number of benzene rings is 2. The SMILES string of the molecule is COC(=O)c1cc(-n2ncc(=O)[nH]c2=O)ccc1Cl.COC[C@H](O)Cn1c(=O)cnn(-c2ccc(Cl)c(C(=O)OC)c2)c1=O.COC[C@H]1CO1. The van der Waals surface area contributed by atoms with E-state index >= 15 is 0 Å². The molecule has 2 N–H and O–H groups in total. The van der Waals surface area contributed by atoms with E-state index in [0.717, 1.165) is 39.5 Å². The van der Waals surface area contributed by atoms with Gasteiger partial charge in [-0.25, -0.2) is 19.2 Å². The number of rotatable bonds is 10. The second kappa shape index (κ2) is 18.7. The summed E-state index contributed by atoms with van der Waals surface area (Å²) in [4.78, 5) is 72.2. The summed E-state index contributed by atoms with van der Waals surface area (Å²) in [7, 11) is 5.49. The predicted octanol–water partition coefficient (Wildman–Crippen LogP) is 0.234. The fraction of sp³-hybridized carbons (Fsp3) is 0.333. The first-order valence-electron chi connectivity index (χ1n) is 14.3. The maximum Gasteiger partial charge on any atom is 0.352 e. The van der Waals surface area contributed by atoms with Gasteiger partial charge >= 0.3 is 23.3 Å². The third kappa shape index (κ3) is 10.8. The Morgan fingerprint density at radius 1 is 0.900 bits per heavy atom. The van der Waals surface area contributed by atoms with Crippen molar-refractivity contribution in [2.24, 2.45) is 0 Å². The number of aliphatic hydroxyl groups excluding tert-OH is 1. The first kappa shape index (κ1) is 39.5. The summed E-state index contributed by atoms with van der Waals surface area (Å²) >= 11 is 11.8.